The van der Waals surface area contributed by atoms with Crippen LogP contribution in [0.3, 0.4) is 0 Å². The quantitative estimate of drug-likeness (QED) is 0.375. The lowest BCUT2D eigenvalue weighted by Crippen LogP contribution is -2.08. The maximum atomic E-state index is 11.8. The second-order valence-electron chi connectivity index (χ2n) is 4.91. The van der Waals surface area contributed by atoms with Gasteiger partial charge in [-0.3, -0.25) is 4.79 Å². The molecule has 0 radical (unpaired) electrons. The number of esters is 1. The molecule has 0 spiro atoms. The van der Waals surface area contributed by atoms with Crippen LogP contribution in [0.25, 0.3) is 11.4 Å². The van der Waals surface area contributed by atoms with Crippen molar-refractivity contribution >= 4 is 29.1 Å². The van der Waals surface area contributed by atoms with Crippen LogP contribution < -0.4 is 0 Å². The van der Waals surface area contributed by atoms with E-state index in [-0.39, 0.29) is 18.3 Å². The van der Waals surface area contributed by atoms with E-state index in [1.807, 2.05) is 36.7 Å². The molecule has 0 saturated carbocycles. The molecule has 0 aromatic carbocycles. The van der Waals surface area contributed by atoms with E-state index in [4.69, 9.17) is 9.26 Å². The van der Waals surface area contributed by atoms with E-state index >= 15 is 0 Å². The average Bonchev–Trinajstić information content (AvgIpc) is 3.20. The van der Waals surface area contributed by atoms with Crippen molar-refractivity contribution in [3.05, 3.63) is 40.2 Å². The monoisotopic (exact) mass is 362 g/mol. The minimum Gasteiger partial charge on any atom is -0.455 e. The summed E-state index contributed by atoms with van der Waals surface area (Å²) in [5, 5.41) is 8.26. The molecule has 3 aromatic rings. The maximum absolute atomic E-state index is 11.8. The molecule has 9 heteroatoms. The highest BCUT2D eigenvalue weighted by atomic mass is 32.2. The second-order valence-corrected chi connectivity index (χ2v) is 6.63. The van der Waals surface area contributed by atoms with E-state index in [1.165, 1.54) is 11.8 Å². The van der Waals surface area contributed by atoms with Crippen molar-refractivity contribution in [1.82, 2.24) is 20.1 Å². The molecule has 0 aliphatic rings. The number of carbonyl (C=O) groups is 1. The highest BCUT2D eigenvalue weighted by Crippen LogP contribution is 2.19. The molecule has 24 heavy (non-hydrogen) atoms. The summed E-state index contributed by atoms with van der Waals surface area (Å²) in [5.74, 6) is 0.476. The Labute approximate surface area is 146 Å². The minimum atomic E-state index is -0.391. The number of aryl methyl sites for hydroxylation is 2. The summed E-state index contributed by atoms with van der Waals surface area (Å²) in [5.41, 5.74) is 2.61. The van der Waals surface area contributed by atoms with E-state index in [2.05, 4.69) is 20.1 Å². The Morgan fingerprint density at radius 3 is 2.79 bits per heavy atom. The van der Waals surface area contributed by atoms with Gasteiger partial charge in [-0.1, -0.05) is 16.9 Å². The van der Waals surface area contributed by atoms with Crippen molar-refractivity contribution in [2.24, 2.45) is 0 Å². The number of aromatic nitrogens is 4. The minimum absolute atomic E-state index is 0.0514. The van der Waals surface area contributed by atoms with Crippen LogP contribution in [0.4, 0.5) is 0 Å². The molecule has 0 amide bonds. The number of hydrogen-bond acceptors (Lipinski definition) is 9. The zero-order chi connectivity index (χ0) is 16.9. The smallest absolute Gasteiger partial charge is 0.316 e. The van der Waals surface area contributed by atoms with Crippen LogP contribution in [0.5, 0.6) is 0 Å². The third-order valence-electron chi connectivity index (χ3n) is 2.88. The molecule has 7 nitrogen and oxygen atoms in total. The van der Waals surface area contributed by atoms with Crippen molar-refractivity contribution in [3.8, 4) is 11.4 Å². The Balaban J connectivity index is 1.49. The maximum Gasteiger partial charge on any atom is 0.316 e. The second kappa shape index (κ2) is 7.54. The molecule has 0 aliphatic carbocycles. The van der Waals surface area contributed by atoms with Gasteiger partial charge in [-0.2, -0.15) is 16.3 Å². The SMILES string of the molecule is Cc1cc(C)nc(SCC(=O)OCc2nc(-c3ccsc3)no2)n1. The van der Waals surface area contributed by atoms with Gasteiger partial charge in [0.2, 0.25) is 5.82 Å². The molecule has 124 valence electrons. The number of nitrogens with zero attached hydrogens (tertiary/aromatic N) is 4. The van der Waals surface area contributed by atoms with Gasteiger partial charge < -0.3 is 9.26 Å². The van der Waals surface area contributed by atoms with E-state index in [9.17, 15) is 4.79 Å². The van der Waals surface area contributed by atoms with Crippen molar-refractivity contribution in [2.45, 2.75) is 25.6 Å². The molecule has 0 saturated heterocycles. The number of ether oxygens (including phenoxy) is 1. The number of thioether (sulfide) groups is 1. The zero-order valence-electron chi connectivity index (χ0n) is 13.1. The molecule has 0 N–H and O–H groups in total. The Kier molecular flexibility index (Phi) is 5.21. The highest BCUT2D eigenvalue weighted by Gasteiger charge is 2.12. The number of thiophene rings is 1. The van der Waals surface area contributed by atoms with Gasteiger partial charge in [-0.25, -0.2) is 9.97 Å². The summed E-state index contributed by atoms with van der Waals surface area (Å²) >= 11 is 2.78. The van der Waals surface area contributed by atoms with Crippen LogP contribution in [0, 0.1) is 13.8 Å². The summed E-state index contributed by atoms with van der Waals surface area (Å²) in [7, 11) is 0. The largest absolute Gasteiger partial charge is 0.455 e. The molecular formula is C15H14N4O3S2. The topological polar surface area (TPSA) is 91.0 Å². The third kappa shape index (κ3) is 4.39. The van der Waals surface area contributed by atoms with Crippen molar-refractivity contribution in [1.29, 1.82) is 0 Å². The Morgan fingerprint density at radius 2 is 2.08 bits per heavy atom. The molecule has 3 heterocycles. The summed E-state index contributed by atoms with van der Waals surface area (Å²) in [6.45, 7) is 3.72. The lowest BCUT2D eigenvalue weighted by atomic mass is 10.3. The molecule has 0 aliphatic heterocycles. The van der Waals surface area contributed by atoms with Crippen LogP contribution in [-0.2, 0) is 16.1 Å². The molecular weight excluding hydrogens is 348 g/mol. The van der Waals surface area contributed by atoms with Gasteiger partial charge in [0.05, 0.1) is 5.75 Å². The Morgan fingerprint density at radius 1 is 1.29 bits per heavy atom. The lowest BCUT2D eigenvalue weighted by molar-refractivity contribution is -0.142. The van der Waals surface area contributed by atoms with Crippen LogP contribution in [0.1, 0.15) is 17.3 Å². The van der Waals surface area contributed by atoms with E-state index in [0.717, 1.165) is 17.0 Å². The van der Waals surface area contributed by atoms with Crippen LogP contribution in [0.15, 0.2) is 32.6 Å². The van der Waals surface area contributed by atoms with Gasteiger partial charge in [-0.05, 0) is 31.4 Å². The Hall–Kier alpha value is -2.26. The molecule has 0 atom stereocenters. The van der Waals surface area contributed by atoms with Crippen LogP contribution >= 0.6 is 23.1 Å². The normalized spacial score (nSPS) is 10.8. The molecule has 0 fully saturated rings. The lowest BCUT2D eigenvalue weighted by Gasteiger charge is -2.03. The summed E-state index contributed by atoms with van der Waals surface area (Å²) in [6.07, 6.45) is 0. The molecule has 3 aromatic heterocycles. The number of hydrogen-bond donors (Lipinski definition) is 0. The predicted octanol–water partition coefficient (Wildman–Crippen LogP) is 3.04. The first-order valence-electron chi connectivity index (χ1n) is 7.06. The van der Waals surface area contributed by atoms with E-state index in [1.54, 1.807) is 11.3 Å². The van der Waals surface area contributed by atoms with Gasteiger partial charge in [0.15, 0.2) is 11.8 Å². The fourth-order valence-corrected chi connectivity index (χ4v) is 3.27. The standard InChI is InChI=1S/C15H14N4O3S2/c1-9-5-10(2)17-15(16-9)24-8-13(20)21-6-12-18-14(19-22-12)11-3-4-23-7-11/h3-5,7H,6,8H2,1-2H3. The van der Waals surface area contributed by atoms with E-state index in [0.29, 0.717) is 11.0 Å². The van der Waals surface area contributed by atoms with Crippen LogP contribution in [-0.4, -0.2) is 31.8 Å². The van der Waals surface area contributed by atoms with E-state index < -0.39 is 5.97 Å². The van der Waals surface area contributed by atoms with Crippen molar-refractivity contribution < 1.29 is 14.1 Å². The predicted molar refractivity (Wildman–Crippen MR) is 89.6 cm³/mol. The van der Waals surface area contributed by atoms with Gasteiger partial charge in [0.1, 0.15) is 0 Å². The zero-order valence-corrected chi connectivity index (χ0v) is 14.7. The van der Waals surface area contributed by atoms with Crippen molar-refractivity contribution in [3.63, 3.8) is 0 Å². The van der Waals surface area contributed by atoms with Crippen molar-refractivity contribution in [2.75, 3.05) is 5.75 Å². The summed E-state index contributed by atoms with van der Waals surface area (Å²) in [6, 6.07) is 3.77. The molecule has 0 bridgehead atoms. The van der Waals surface area contributed by atoms with Gasteiger partial charge in [-0.15, -0.1) is 0 Å². The van der Waals surface area contributed by atoms with Crippen LogP contribution in [0.2, 0.25) is 0 Å². The fourth-order valence-electron chi connectivity index (χ4n) is 1.89. The van der Waals surface area contributed by atoms with Gasteiger partial charge >= 0.3 is 5.97 Å². The first-order chi connectivity index (χ1) is 11.6. The number of carbonyl (C=O) groups excluding carboxylic acids is 1. The Bertz CT molecular complexity index is 813. The number of rotatable bonds is 6. The highest BCUT2D eigenvalue weighted by molar-refractivity contribution is 7.99. The molecule has 3 rings (SSSR count). The summed E-state index contributed by atoms with van der Waals surface area (Å²) < 4.78 is 10.2. The summed E-state index contributed by atoms with van der Waals surface area (Å²) in [4.78, 5) is 24.5. The van der Waals surface area contributed by atoms with Gasteiger partial charge in [0, 0.05) is 22.3 Å². The fraction of sp³-hybridized carbons (Fsp3) is 0.267. The first-order valence-corrected chi connectivity index (χ1v) is 8.99. The third-order valence-corrected chi connectivity index (χ3v) is 4.39. The van der Waals surface area contributed by atoms with Gasteiger partial charge in [0.25, 0.3) is 5.89 Å². The molecule has 0 unspecified atom stereocenters. The first kappa shape index (κ1) is 16.6. The average molecular weight is 362 g/mol.